The molecule has 0 saturated heterocycles. The molecule has 2 aliphatic rings. The van der Waals surface area contributed by atoms with Crippen molar-refractivity contribution in [2.75, 3.05) is 0 Å². The van der Waals surface area contributed by atoms with E-state index in [1.165, 1.54) is 54.9 Å². The summed E-state index contributed by atoms with van der Waals surface area (Å²) in [6.45, 7) is 11.5. The lowest BCUT2D eigenvalue weighted by Gasteiger charge is -2.35. The average Bonchev–Trinajstić information content (AvgIpc) is 3.79. The minimum atomic E-state index is -2.32. The molecule has 1 aliphatic heterocycles. The SMILES string of the molecule is Cc1cc2c(cc1-c1c(C)ccc3c1oc1nc4ccccc4n13)[Si](C)(C)c1ccc(C)c(-c3ccc4c(c3)-c3ccccc3-c3ncccc3-c3ccccc3-4)c1O2. The van der Waals surface area contributed by atoms with Crippen molar-refractivity contribution in [2.45, 2.75) is 33.9 Å². The molecule has 7 aromatic carbocycles. The number of oxazole rings is 1. The topological polar surface area (TPSA) is 52.6 Å². The van der Waals surface area contributed by atoms with Crippen LogP contribution in [0.25, 0.3) is 94.9 Å². The number of fused-ring (bicyclic) bond motifs is 15. The summed E-state index contributed by atoms with van der Waals surface area (Å²) in [5.41, 5.74) is 21.2. The summed E-state index contributed by atoms with van der Waals surface area (Å²) in [7, 11) is -2.32. The summed E-state index contributed by atoms with van der Waals surface area (Å²) in [5.74, 6) is 2.53. The predicted octanol–water partition coefficient (Wildman–Crippen LogP) is 12.8. The monoisotopic (exact) mass is 777 g/mol. The summed E-state index contributed by atoms with van der Waals surface area (Å²) in [4.78, 5) is 9.81. The van der Waals surface area contributed by atoms with E-state index >= 15 is 0 Å². The van der Waals surface area contributed by atoms with Gasteiger partial charge in [0.15, 0.2) is 5.58 Å². The number of hydrogen-bond acceptors (Lipinski definition) is 4. The quantitative estimate of drug-likeness (QED) is 0.164. The zero-order valence-corrected chi connectivity index (χ0v) is 34.5. The number of aromatic nitrogens is 3. The van der Waals surface area contributed by atoms with E-state index in [1.54, 1.807) is 0 Å². The fraction of sp³-hybridized carbons (Fsp3) is 0.0943. The molecule has 6 heteroatoms. The van der Waals surface area contributed by atoms with Crippen LogP contribution in [0.15, 0.2) is 150 Å². The smallest absolute Gasteiger partial charge is 0.307 e. The van der Waals surface area contributed by atoms with Crippen LogP contribution >= 0.6 is 0 Å². The highest BCUT2D eigenvalue weighted by Gasteiger charge is 2.39. The van der Waals surface area contributed by atoms with E-state index < -0.39 is 8.07 Å². The zero-order chi connectivity index (χ0) is 39.7. The summed E-state index contributed by atoms with van der Waals surface area (Å²) in [5, 5.41) is 2.59. The second kappa shape index (κ2) is 12.2. The Balaban J connectivity index is 1.03. The fourth-order valence-electron chi connectivity index (χ4n) is 9.97. The first-order valence-electron chi connectivity index (χ1n) is 20.3. The number of hydrogen-bond donors (Lipinski definition) is 0. The lowest BCUT2D eigenvalue weighted by atomic mass is 9.81. The standard InChI is InChI=1S/C53H39N3O2Si/c1-30-21-25-46-52(48(30)33-22-23-37-34-13-6-7-14-35(34)39-17-12-26-54-50(39)38-16-9-8-15-36(38)41(37)28-33)57-45-27-32(3)40(29-47(45)59(46,4)5)49-31(2)20-24-44-51(49)58-53-55-42-18-10-11-19-43(42)56(44)53/h6-29H,1-5H3. The molecule has 0 bridgehead atoms. The van der Waals surface area contributed by atoms with Crippen LogP contribution < -0.4 is 15.1 Å². The van der Waals surface area contributed by atoms with Crippen molar-refractivity contribution in [2.24, 2.45) is 0 Å². The first kappa shape index (κ1) is 34.1. The number of benzene rings is 7. The Morgan fingerprint density at radius 2 is 1.20 bits per heavy atom. The summed E-state index contributed by atoms with van der Waals surface area (Å²) in [6, 6.07) is 50.5. The molecule has 4 heterocycles. The van der Waals surface area contributed by atoms with Gasteiger partial charge in [0.1, 0.15) is 19.6 Å². The van der Waals surface area contributed by atoms with E-state index in [2.05, 4.69) is 160 Å². The molecule has 5 nitrogen and oxygen atoms in total. The van der Waals surface area contributed by atoms with E-state index in [4.69, 9.17) is 19.1 Å². The van der Waals surface area contributed by atoms with Gasteiger partial charge in [-0.25, -0.2) is 0 Å². The molecule has 0 spiro atoms. The van der Waals surface area contributed by atoms with Crippen molar-refractivity contribution in [1.82, 2.24) is 14.4 Å². The lowest BCUT2D eigenvalue weighted by Crippen LogP contribution is -2.56. The van der Waals surface area contributed by atoms with Crippen molar-refractivity contribution in [3.63, 3.8) is 0 Å². The molecule has 0 N–H and O–H groups in total. The molecular formula is C53H39N3O2Si. The highest BCUT2D eigenvalue weighted by atomic mass is 28.3. The Morgan fingerprint density at radius 3 is 2.03 bits per heavy atom. The number of pyridine rings is 1. The number of rotatable bonds is 2. The highest BCUT2D eigenvalue weighted by molar-refractivity contribution is 7.02. The molecule has 0 radical (unpaired) electrons. The number of nitrogens with zero attached hydrogens (tertiary/aromatic N) is 3. The maximum atomic E-state index is 7.20. The zero-order valence-electron chi connectivity index (χ0n) is 33.5. The van der Waals surface area contributed by atoms with Gasteiger partial charge in [-0.15, -0.1) is 0 Å². The van der Waals surface area contributed by atoms with E-state index in [1.807, 2.05) is 24.4 Å². The van der Waals surface area contributed by atoms with Crippen molar-refractivity contribution >= 4 is 46.4 Å². The molecule has 12 rings (SSSR count). The molecule has 1 aliphatic carbocycles. The van der Waals surface area contributed by atoms with Gasteiger partial charge in [0.2, 0.25) is 0 Å². The molecule has 0 saturated carbocycles. The van der Waals surface area contributed by atoms with Crippen LogP contribution in [0.2, 0.25) is 13.1 Å². The largest absolute Gasteiger partial charge is 0.457 e. The summed E-state index contributed by atoms with van der Waals surface area (Å²) < 4.78 is 16.0. The molecule has 282 valence electrons. The van der Waals surface area contributed by atoms with Crippen molar-refractivity contribution in [3.8, 4) is 78.4 Å². The van der Waals surface area contributed by atoms with Crippen molar-refractivity contribution in [1.29, 1.82) is 0 Å². The third-order valence-corrected chi connectivity index (χ3v) is 16.4. The minimum absolute atomic E-state index is 0.612. The number of para-hydroxylation sites is 2. The van der Waals surface area contributed by atoms with Crippen LogP contribution in [0.3, 0.4) is 0 Å². The molecule has 10 aromatic rings. The molecule has 0 fully saturated rings. The Bertz CT molecular complexity index is 3440. The normalized spacial score (nSPS) is 13.4. The number of ether oxygens (including phenoxy) is 1. The van der Waals surface area contributed by atoms with Gasteiger partial charge in [-0.3, -0.25) is 9.38 Å². The van der Waals surface area contributed by atoms with Gasteiger partial charge in [0, 0.05) is 28.5 Å². The van der Waals surface area contributed by atoms with Gasteiger partial charge in [-0.2, -0.15) is 4.98 Å². The highest BCUT2D eigenvalue weighted by Crippen LogP contribution is 2.49. The maximum absolute atomic E-state index is 7.20. The first-order valence-corrected chi connectivity index (χ1v) is 23.3. The average molecular weight is 778 g/mol. The second-order valence-electron chi connectivity index (χ2n) is 16.7. The minimum Gasteiger partial charge on any atom is -0.457 e. The molecule has 0 unspecified atom stereocenters. The van der Waals surface area contributed by atoms with Crippen LogP contribution in [0.1, 0.15) is 16.7 Å². The molecule has 59 heavy (non-hydrogen) atoms. The molecule has 3 aromatic heterocycles. The molecule has 0 amide bonds. The third-order valence-electron chi connectivity index (χ3n) is 12.9. The van der Waals surface area contributed by atoms with Crippen LogP contribution in [-0.4, -0.2) is 22.4 Å². The van der Waals surface area contributed by atoms with E-state index in [-0.39, 0.29) is 0 Å². The second-order valence-corrected chi connectivity index (χ2v) is 21.0. The van der Waals surface area contributed by atoms with Crippen molar-refractivity contribution < 1.29 is 9.15 Å². The Hall–Kier alpha value is -7.02. The van der Waals surface area contributed by atoms with Crippen LogP contribution in [-0.2, 0) is 0 Å². The van der Waals surface area contributed by atoms with Crippen molar-refractivity contribution in [3.05, 3.63) is 162 Å². The lowest BCUT2D eigenvalue weighted by molar-refractivity contribution is 0.488. The van der Waals surface area contributed by atoms with Gasteiger partial charge in [0.05, 0.1) is 22.2 Å². The Kier molecular flexibility index (Phi) is 7.07. The Labute approximate surface area is 343 Å². The molecular weight excluding hydrogens is 739 g/mol. The predicted molar refractivity (Wildman–Crippen MR) is 244 cm³/mol. The fourth-order valence-corrected chi connectivity index (χ4v) is 12.7. The van der Waals surface area contributed by atoms with Gasteiger partial charge >= 0.3 is 5.84 Å². The van der Waals surface area contributed by atoms with Gasteiger partial charge in [0.25, 0.3) is 0 Å². The van der Waals surface area contributed by atoms with Gasteiger partial charge < -0.3 is 9.15 Å². The van der Waals surface area contributed by atoms with Crippen LogP contribution in [0.5, 0.6) is 11.5 Å². The first-order chi connectivity index (χ1) is 28.8. The summed E-state index contributed by atoms with van der Waals surface area (Å²) in [6.07, 6.45) is 1.90. The Morgan fingerprint density at radius 1 is 0.525 bits per heavy atom. The van der Waals surface area contributed by atoms with Crippen LogP contribution in [0.4, 0.5) is 0 Å². The van der Waals surface area contributed by atoms with Crippen LogP contribution in [0, 0.1) is 20.8 Å². The third kappa shape index (κ3) is 4.78. The number of aryl methyl sites for hydroxylation is 3. The van der Waals surface area contributed by atoms with E-state index in [0.29, 0.717) is 5.84 Å². The van der Waals surface area contributed by atoms with Gasteiger partial charge in [-0.1, -0.05) is 116 Å². The molecule has 0 atom stereocenters. The van der Waals surface area contributed by atoms with E-state index in [0.717, 1.165) is 72.7 Å². The number of imidazole rings is 1. The van der Waals surface area contributed by atoms with Gasteiger partial charge in [-0.05, 0) is 123 Å². The summed E-state index contributed by atoms with van der Waals surface area (Å²) >= 11 is 0. The van der Waals surface area contributed by atoms with E-state index in [9.17, 15) is 0 Å². The maximum Gasteiger partial charge on any atom is 0.307 e.